The van der Waals surface area contributed by atoms with Crippen molar-refractivity contribution in [2.75, 3.05) is 0 Å². The Kier molecular flexibility index (Phi) is 4.84. The van der Waals surface area contributed by atoms with Crippen molar-refractivity contribution in [3.05, 3.63) is 34.6 Å². The van der Waals surface area contributed by atoms with Gasteiger partial charge in [0.25, 0.3) is 0 Å². The van der Waals surface area contributed by atoms with E-state index in [0.717, 1.165) is 0 Å². The minimum atomic E-state index is -1.26. The maximum absolute atomic E-state index is 13.6. The van der Waals surface area contributed by atoms with Crippen LogP contribution in [0.2, 0.25) is 5.02 Å². The molecule has 0 fully saturated rings. The van der Waals surface area contributed by atoms with Gasteiger partial charge in [0.15, 0.2) is 0 Å². The Morgan fingerprint density at radius 1 is 1.41 bits per heavy atom. The minimum Gasteiger partial charge on any atom is -0.598 e. The molecule has 0 spiro atoms. The summed E-state index contributed by atoms with van der Waals surface area (Å²) in [6.07, 6.45) is 0. The first-order valence-corrected chi connectivity index (χ1v) is 6.88. The first-order chi connectivity index (χ1) is 7.73. The Balaban J connectivity index is 2.87. The van der Waals surface area contributed by atoms with E-state index in [2.05, 4.69) is 4.72 Å². The Morgan fingerprint density at radius 2 is 2.00 bits per heavy atom. The van der Waals surface area contributed by atoms with Crippen LogP contribution in [0.5, 0.6) is 0 Å². The van der Waals surface area contributed by atoms with E-state index in [9.17, 15) is 8.94 Å². The van der Waals surface area contributed by atoms with E-state index in [4.69, 9.17) is 11.6 Å². The summed E-state index contributed by atoms with van der Waals surface area (Å²) >= 11 is 4.68. The van der Waals surface area contributed by atoms with Crippen LogP contribution in [0.4, 0.5) is 4.39 Å². The van der Waals surface area contributed by atoms with Gasteiger partial charge in [0.1, 0.15) is 10.6 Å². The normalized spacial score (nSPS) is 15.7. The van der Waals surface area contributed by atoms with E-state index >= 15 is 0 Å². The van der Waals surface area contributed by atoms with Crippen LogP contribution in [0, 0.1) is 5.82 Å². The number of hydrogen-bond acceptors (Lipinski definition) is 2. The van der Waals surface area contributed by atoms with Gasteiger partial charge in [0.05, 0.1) is 6.04 Å². The van der Waals surface area contributed by atoms with Crippen molar-refractivity contribution in [1.82, 2.24) is 4.72 Å². The van der Waals surface area contributed by atoms with Crippen LogP contribution in [0.3, 0.4) is 0 Å². The largest absolute Gasteiger partial charge is 0.598 e. The Labute approximate surface area is 110 Å². The zero-order valence-corrected chi connectivity index (χ0v) is 12.0. The number of hydrogen-bond donors (Lipinski definition) is 1. The molecule has 0 aliphatic heterocycles. The van der Waals surface area contributed by atoms with Crippen LogP contribution >= 0.6 is 11.6 Å². The molecule has 5 heteroatoms. The van der Waals surface area contributed by atoms with Gasteiger partial charge in [0, 0.05) is 21.9 Å². The highest BCUT2D eigenvalue weighted by Gasteiger charge is 2.29. The first-order valence-electron chi connectivity index (χ1n) is 5.35. The Morgan fingerprint density at radius 3 is 2.47 bits per heavy atom. The molecule has 1 N–H and O–H groups in total. The maximum atomic E-state index is 13.6. The summed E-state index contributed by atoms with van der Waals surface area (Å²) in [5.41, 5.74) is 0.353. The molecule has 1 rings (SSSR count). The van der Waals surface area contributed by atoms with Crippen molar-refractivity contribution in [1.29, 1.82) is 0 Å². The molecule has 0 heterocycles. The van der Waals surface area contributed by atoms with Gasteiger partial charge in [-0.15, -0.1) is 4.72 Å². The summed E-state index contributed by atoms with van der Waals surface area (Å²) in [6, 6.07) is 4.12. The lowest BCUT2D eigenvalue weighted by Gasteiger charge is -2.27. The highest BCUT2D eigenvalue weighted by Crippen LogP contribution is 2.27. The average molecular weight is 278 g/mol. The van der Waals surface area contributed by atoms with Gasteiger partial charge in [-0.1, -0.05) is 17.7 Å². The fraction of sp³-hybridized carbons (Fsp3) is 0.500. The van der Waals surface area contributed by atoms with Crippen molar-refractivity contribution in [2.45, 2.75) is 38.5 Å². The fourth-order valence-electron chi connectivity index (χ4n) is 1.32. The van der Waals surface area contributed by atoms with Crippen molar-refractivity contribution in [2.24, 2.45) is 0 Å². The molecule has 1 aromatic rings. The Hall–Kier alpha value is -0.290. The second kappa shape index (κ2) is 5.57. The van der Waals surface area contributed by atoms with Crippen LogP contribution in [-0.4, -0.2) is 9.30 Å². The zero-order chi connectivity index (χ0) is 13.2. The van der Waals surface area contributed by atoms with E-state index < -0.39 is 22.2 Å². The molecule has 1 aromatic carbocycles. The second-order valence-corrected chi connectivity index (χ2v) is 7.26. The first kappa shape index (κ1) is 14.8. The Bertz CT molecular complexity index is 374. The molecular formula is C12H17ClFNOS. The molecule has 0 aromatic heterocycles. The molecule has 0 aliphatic rings. The molecule has 0 saturated carbocycles. The van der Waals surface area contributed by atoms with Gasteiger partial charge in [-0.25, -0.2) is 4.39 Å². The summed E-state index contributed by atoms with van der Waals surface area (Å²) in [5.74, 6) is -0.386. The standard InChI is InChI=1S/C12H17ClFNOS/c1-8(15-17(16)12(2,3)4)11-9(13)6-5-7-10(11)14/h5-8,15H,1-4H3/t8?,17-/m1/s1. The summed E-state index contributed by atoms with van der Waals surface area (Å²) in [7, 11) is 0. The predicted octanol–water partition coefficient (Wildman–Crippen LogP) is 3.59. The SMILES string of the molecule is CC(N[S@+]([O-])C(C)(C)C)c1c(F)cccc1Cl. The minimum absolute atomic E-state index is 0.343. The van der Waals surface area contributed by atoms with Crippen molar-refractivity contribution < 1.29 is 8.94 Å². The average Bonchev–Trinajstić information content (AvgIpc) is 2.15. The topological polar surface area (TPSA) is 35.1 Å². The van der Waals surface area contributed by atoms with Gasteiger partial charge in [0.2, 0.25) is 0 Å². The third-order valence-electron chi connectivity index (χ3n) is 2.27. The van der Waals surface area contributed by atoms with Crippen LogP contribution < -0.4 is 4.72 Å². The van der Waals surface area contributed by atoms with Crippen LogP contribution in [0.25, 0.3) is 0 Å². The van der Waals surface area contributed by atoms with Gasteiger partial charge >= 0.3 is 0 Å². The molecule has 2 atom stereocenters. The van der Waals surface area contributed by atoms with E-state index in [0.29, 0.717) is 10.6 Å². The summed E-state index contributed by atoms with van der Waals surface area (Å²) in [4.78, 5) is 0. The highest BCUT2D eigenvalue weighted by atomic mass is 35.5. The molecule has 0 amide bonds. The monoisotopic (exact) mass is 277 g/mol. The third kappa shape index (κ3) is 3.85. The molecule has 0 bridgehead atoms. The van der Waals surface area contributed by atoms with Crippen LogP contribution in [0.1, 0.15) is 39.3 Å². The second-order valence-electron chi connectivity index (χ2n) is 4.86. The van der Waals surface area contributed by atoms with Crippen LogP contribution in [-0.2, 0) is 11.4 Å². The van der Waals surface area contributed by atoms with Crippen LogP contribution in [0.15, 0.2) is 18.2 Å². The van der Waals surface area contributed by atoms with E-state index in [1.54, 1.807) is 19.1 Å². The number of halogens is 2. The summed E-state index contributed by atoms with van der Waals surface area (Å²) in [5, 5.41) is 0.343. The summed E-state index contributed by atoms with van der Waals surface area (Å²) < 4.78 is 28.0. The number of nitrogens with one attached hydrogen (secondary N) is 1. The van der Waals surface area contributed by atoms with E-state index in [1.165, 1.54) is 6.07 Å². The fourth-order valence-corrected chi connectivity index (χ4v) is 2.44. The quantitative estimate of drug-likeness (QED) is 0.857. The smallest absolute Gasteiger partial charge is 0.136 e. The molecular weight excluding hydrogens is 261 g/mol. The molecule has 0 saturated heterocycles. The molecule has 0 radical (unpaired) electrons. The summed E-state index contributed by atoms with van der Waals surface area (Å²) in [6.45, 7) is 7.30. The number of benzene rings is 1. The molecule has 1 unspecified atom stereocenters. The lowest BCUT2D eigenvalue weighted by atomic mass is 10.1. The van der Waals surface area contributed by atoms with Gasteiger partial charge < -0.3 is 4.55 Å². The van der Waals surface area contributed by atoms with Crippen molar-refractivity contribution >= 4 is 23.0 Å². The number of rotatable bonds is 3. The molecule has 0 aliphatic carbocycles. The maximum Gasteiger partial charge on any atom is 0.136 e. The molecule has 96 valence electrons. The van der Waals surface area contributed by atoms with Crippen molar-refractivity contribution in [3.63, 3.8) is 0 Å². The van der Waals surface area contributed by atoms with E-state index in [-0.39, 0.29) is 5.82 Å². The lowest BCUT2D eigenvalue weighted by Crippen LogP contribution is -2.40. The zero-order valence-electron chi connectivity index (χ0n) is 10.4. The highest BCUT2D eigenvalue weighted by molar-refractivity contribution is 7.90. The van der Waals surface area contributed by atoms with Gasteiger partial charge in [-0.2, -0.15) is 0 Å². The van der Waals surface area contributed by atoms with Gasteiger partial charge in [-0.05, 0) is 39.8 Å². The van der Waals surface area contributed by atoms with Crippen molar-refractivity contribution in [3.8, 4) is 0 Å². The lowest BCUT2D eigenvalue weighted by molar-refractivity contribution is 0.522. The molecule has 2 nitrogen and oxygen atoms in total. The third-order valence-corrected chi connectivity index (χ3v) is 4.28. The molecule has 17 heavy (non-hydrogen) atoms. The predicted molar refractivity (Wildman–Crippen MR) is 70.9 cm³/mol. The van der Waals surface area contributed by atoms with Gasteiger partial charge in [-0.3, -0.25) is 0 Å². The van der Waals surface area contributed by atoms with E-state index in [1.807, 2.05) is 20.8 Å².